The highest BCUT2D eigenvalue weighted by Crippen LogP contribution is 2.31. The van der Waals surface area contributed by atoms with Crippen LogP contribution in [0.15, 0.2) is 18.5 Å². The fraction of sp³-hybridized carbons (Fsp3) is 0.429. The average molecular weight is 243 g/mol. The minimum absolute atomic E-state index is 0.0839. The van der Waals surface area contributed by atoms with Crippen LogP contribution >= 0.6 is 0 Å². The van der Waals surface area contributed by atoms with E-state index >= 15 is 0 Å². The van der Waals surface area contributed by atoms with Crippen molar-refractivity contribution in [2.75, 3.05) is 13.1 Å². The summed E-state index contributed by atoms with van der Waals surface area (Å²) in [7, 11) is 0. The van der Waals surface area contributed by atoms with Gasteiger partial charge in [0.25, 0.3) is 5.91 Å². The molecule has 1 saturated carbocycles. The van der Waals surface area contributed by atoms with Crippen molar-refractivity contribution in [1.29, 1.82) is 0 Å². The fourth-order valence-corrected chi connectivity index (χ4v) is 1.73. The summed E-state index contributed by atoms with van der Waals surface area (Å²) in [6, 6.07) is 1.69. The summed E-state index contributed by atoms with van der Waals surface area (Å²) in [6.07, 6.45) is 6.87. The van der Waals surface area contributed by atoms with Crippen molar-refractivity contribution in [3.63, 3.8) is 0 Å². The molecule has 4 heteroatoms. The van der Waals surface area contributed by atoms with Gasteiger partial charge in [-0.15, -0.1) is 0 Å². The summed E-state index contributed by atoms with van der Waals surface area (Å²) >= 11 is 0. The van der Waals surface area contributed by atoms with Gasteiger partial charge in [0.2, 0.25) is 0 Å². The minimum Gasteiger partial charge on any atom is -0.352 e. The Kier molecular flexibility index (Phi) is 4.32. The van der Waals surface area contributed by atoms with E-state index < -0.39 is 0 Å². The topological polar surface area (TPSA) is 68.0 Å². The number of rotatable bonds is 4. The van der Waals surface area contributed by atoms with Crippen LogP contribution in [0.25, 0.3) is 0 Å². The largest absolute Gasteiger partial charge is 0.352 e. The Morgan fingerprint density at radius 2 is 2.39 bits per heavy atom. The molecule has 0 atom stereocenters. The smallest absolute Gasteiger partial charge is 0.252 e. The molecular weight excluding hydrogens is 226 g/mol. The standard InChI is InChI=1S/C14H17N3O/c15-7-1-2-12-10-16-8-6-13(12)14(18)17-9-5-11-3-4-11/h6,8,10-11H,3-5,7,9,15H2,(H,17,18). The van der Waals surface area contributed by atoms with Crippen LogP contribution in [0, 0.1) is 17.8 Å². The number of amides is 1. The zero-order chi connectivity index (χ0) is 12.8. The molecule has 1 amide bonds. The van der Waals surface area contributed by atoms with Crippen molar-refractivity contribution in [2.24, 2.45) is 11.7 Å². The average Bonchev–Trinajstić information content (AvgIpc) is 3.20. The molecule has 0 spiro atoms. The van der Waals surface area contributed by atoms with Crippen LogP contribution in [-0.2, 0) is 0 Å². The number of hydrogen-bond donors (Lipinski definition) is 2. The van der Waals surface area contributed by atoms with Crippen LogP contribution in [0.5, 0.6) is 0 Å². The van der Waals surface area contributed by atoms with Gasteiger partial charge >= 0.3 is 0 Å². The Hall–Kier alpha value is -1.86. The Balaban J connectivity index is 1.98. The third-order valence-corrected chi connectivity index (χ3v) is 2.93. The Morgan fingerprint density at radius 1 is 1.56 bits per heavy atom. The van der Waals surface area contributed by atoms with Crippen molar-refractivity contribution >= 4 is 5.91 Å². The molecule has 2 rings (SSSR count). The SMILES string of the molecule is NCC#Cc1cnccc1C(=O)NCCC1CC1. The van der Waals surface area contributed by atoms with E-state index in [0.717, 1.165) is 18.9 Å². The van der Waals surface area contributed by atoms with E-state index in [2.05, 4.69) is 22.1 Å². The molecule has 0 saturated heterocycles. The molecule has 0 radical (unpaired) electrons. The van der Waals surface area contributed by atoms with E-state index in [-0.39, 0.29) is 12.5 Å². The summed E-state index contributed by atoms with van der Waals surface area (Å²) in [5.74, 6) is 6.34. The number of nitrogens with one attached hydrogen (secondary N) is 1. The zero-order valence-corrected chi connectivity index (χ0v) is 10.3. The van der Waals surface area contributed by atoms with Crippen molar-refractivity contribution < 1.29 is 4.79 Å². The number of pyridine rings is 1. The lowest BCUT2D eigenvalue weighted by Crippen LogP contribution is -2.25. The summed E-state index contributed by atoms with van der Waals surface area (Å²) in [4.78, 5) is 16.0. The molecule has 3 N–H and O–H groups in total. The van der Waals surface area contributed by atoms with Gasteiger partial charge in [0.15, 0.2) is 0 Å². The van der Waals surface area contributed by atoms with Crippen LogP contribution < -0.4 is 11.1 Å². The van der Waals surface area contributed by atoms with Crippen LogP contribution in [0.3, 0.4) is 0 Å². The van der Waals surface area contributed by atoms with E-state index in [4.69, 9.17) is 5.73 Å². The first-order valence-electron chi connectivity index (χ1n) is 6.22. The fourth-order valence-electron chi connectivity index (χ4n) is 1.73. The molecule has 1 heterocycles. The van der Waals surface area contributed by atoms with Crippen LogP contribution in [-0.4, -0.2) is 24.0 Å². The molecule has 94 valence electrons. The number of carbonyl (C=O) groups is 1. The normalized spacial score (nSPS) is 13.6. The van der Waals surface area contributed by atoms with Crippen molar-refractivity contribution in [3.8, 4) is 11.8 Å². The maximum atomic E-state index is 12.0. The lowest BCUT2D eigenvalue weighted by atomic mass is 10.1. The summed E-state index contributed by atoms with van der Waals surface area (Å²) in [5.41, 5.74) is 6.53. The lowest BCUT2D eigenvalue weighted by molar-refractivity contribution is 0.0952. The number of carbonyl (C=O) groups excluding carboxylic acids is 1. The highest BCUT2D eigenvalue weighted by atomic mass is 16.1. The molecule has 1 aromatic rings. The van der Waals surface area contributed by atoms with Gasteiger partial charge in [-0.25, -0.2) is 0 Å². The molecule has 4 nitrogen and oxygen atoms in total. The Bertz CT molecular complexity index is 483. The first kappa shape index (κ1) is 12.6. The third kappa shape index (κ3) is 3.57. The van der Waals surface area contributed by atoms with Crippen molar-refractivity contribution in [3.05, 3.63) is 29.6 Å². The molecule has 0 aromatic carbocycles. The summed E-state index contributed by atoms with van der Waals surface area (Å²) in [6.45, 7) is 1.01. The molecule has 1 aliphatic rings. The molecule has 18 heavy (non-hydrogen) atoms. The number of aromatic nitrogens is 1. The molecule has 1 fully saturated rings. The zero-order valence-electron chi connectivity index (χ0n) is 10.3. The first-order valence-corrected chi connectivity index (χ1v) is 6.22. The van der Waals surface area contributed by atoms with Gasteiger partial charge in [0.1, 0.15) is 0 Å². The van der Waals surface area contributed by atoms with Gasteiger partial charge in [0.05, 0.1) is 17.7 Å². The van der Waals surface area contributed by atoms with Gasteiger partial charge in [0, 0.05) is 18.9 Å². The van der Waals surface area contributed by atoms with Gasteiger partial charge in [-0.2, -0.15) is 0 Å². The highest BCUT2D eigenvalue weighted by Gasteiger charge is 2.20. The first-order chi connectivity index (χ1) is 8.81. The number of nitrogens with zero attached hydrogens (tertiary/aromatic N) is 1. The van der Waals surface area contributed by atoms with Gasteiger partial charge < -0.3 is 11.1 Å². The van der Waals surface area contributed by atoms with E-state index in [9.17, 15) is 4.79 Å². The van der Waals surface area contributed by atoms with Gasteiger partial charge in [-0.1, -0.05) is 24.7 Å². The number of hydrogen-bond acceptors (Lipinski definition) is 3. The molecular formula is C14H17N3O. The molecule has 0 aliphatic heterocycles. The van der Waals surface area contributed by atoms with Crippen molar-refractivity contribution in [2.45, 2.75) is 19.3 Å². The van der Waals surface area contributed by atoms with E-state index in [1.807, 2.05) is 0 Å². The molecule has 0 unspecified atom stereocenters. The number of nitrogens with two attached hydrogens (primary N) is 1. The second kappa shape index (κ2) is 6.18. The predicted octanol–water partition coefficient (Wildman–Crippen LogP) is 0.922. The third-order valence-electron chi connectivity index (χ3n) is 2.93. The highest BCUT2D eigenvalue weighted by molar-refractivity contribution is 5.96. The van der Waals surface area contributed by atoms with Crippen LogP contribution in [0.2, 0.25) is 0 Å². The predicted molar refractivity (Wildman–Crippen MR) is 69.8 cm³/mol. The van der Waals surface area contributed by atoms with Crippen LogP contribution in [0.1, 0.15) is 35.2 Å². The van der Waals surface area contributed by atoms with Gasteiger partial charge in [-0.3, -0.25) is 9.78 Å². The molecule has 1 aromatic heterocycles. The van der Waals surface area contributed by atoms with Crippen molar-refractivity contribution in [1.82, 2.24) is 10.3 Å². The van der Waals surface area contributed by atoms with E-state index in [1.54, 1.807) is 18.5 Å². The minimum atomic E-state index is -0.0839. The Morgan fingerprint density at radius 3 is 3.11 bits per heavy atom. The summed E-state index contributed by atoms with van der Waals surface area (Å²) < 4.78 is 0. The van der Waals surface area contributed by atoms with E-state index in [0.29, 0.717) is 11.1 Å². The monoisotopic (exact) mass is 243 g/mol. The maximum Gasteiger partial charge on any atom is 0.252 e. The van der Waals surface area contributed by atoms with E-state index in [1.165, 1.54) is 12.8 Å². The van der Waals surface area contributed by atoms with Gasteiger partial charge in [-0.05, 0) is 18.4 Å². The van der Waals surface area contributed by atoms with Crippen LogP contribution in [0.4, 0.5) is 0 Å². The second-order valence-electron chi connectivity index (χ2n) is 4.42. The quantitative estimate of drug-likeness (QED) is 0.773. The maximum absolute atomic E-state index is 12.0. The molecule has 1 aliphatic carbocycles. The summed E-state index contributed by atoms with van der Waals surface area (Å²) in [5, 5.41) is 2.92. The lowest BCUT2D eigenvalue weighted by Gasteiger charge is -2.06. The second-order valence-corrected chi connectivity index (χ2v) is 4.42. The molecule has 0 bridgehead atoms. The Labute approximate surface area is 107 Å².